The topological polar surface area (TPSA) is 57.0 Å². The molecule has 0 atom stereocenters. The maximum Gasteiger partial charge on any atom is 0.339 e. The number of hydrogen-bond donors (Lipinski definition) is 0. The molecule has 0 bridgehead atoms. The molecule has 5 nitrogen and oxygen atoms in total. The molecular weight excluding hydrogens is 242 g/mol. The van der Waals surface area contributed by atoms with Gasteiger partial charge in [-0.1, -0.05) is 0 Å². The van der Waals surface area contributed by atoms with Crippen molar-refractivity contribution in [2.24, 2.45) is 0 Å². The third-order valence-electron chi connectivity index (χ3n) is 3.45. The number of pyridine rings is 1. The van der Waals surface area contributed by atoms with E-state index in [1.165, 1.54) is 37.4 Å². The highest BCUT2D eigenvalue weighted by atomic mass is 16.5. The van der Waals surface area contributed by atoms with Gasteiger partial charge in [0.15, 0.2) is 5.82 Å². The summed E-state index contributed by atoms with van der Waals surface area (Å²) in [5, 5.41) is 4.40. The van der Waals surface area contributed by atoms with E-state index in [2.05, 4.69) is 14.8 Å². The second-order valence-electron chi connectivity index (χ2n) is 4.63. The van der Waals surface area contributed by atoms with E-state index in [0.717, 1.165) is 18.7 Å². The number of rotatable bonds is 2. The van der Waals surface area contributed by atoms with Crippen molar-refractivity contribution in [3.8, 4) is 5.82 Å². The lowest BCUT2D eigenvalue weighted by molar-refractivity contribution is 0.0600. The number of aryl methyl sites for hydroxylation is 1. The molecule has 2 aromatic rings. The molecule has 0 amide bonds. The number of methoxy groups -OCH3 is 1. The Balaban J connectivity index is 1.94. The third kappa shape index (κ3) is 2.12. The summed E-state index contributed by atoms with van der Waals surface area (Å²) in [4.78, 5) is 15.7. The Kier molecular flexibility index (Phi) is 3.03. The van der Waals surface area contributed by atoms with E-state index in [-0.39, 0.29) is 5.97 Å². The van der Waals surface area contributed by atoms with Gasteiger partial charge in [0.25, 0.3) is 0 Å². The van der Waals surface area contributed by atoms with Crippen molar-refractivity contribution < 1.29 is 9.53 Å². The zero-order valence-electron chi connectivity index (χ0n) is 10.8. The van der Waals surface area contributed by atoms with Gasteiger partial charge in [-0.05, 0) is 43.4 Å². The molecule has 2 heterocycles. The number of fused-ring (bicyclic) bond motifs is 1. The van der Waals surface area contributed by atoms with Gasteiger partial charge >= 0.3 is 5.97 Å². The molecule has 0 saturated heterocycles. The minimum Gasteiger partial charge on any atom is -0.465 e. The highest BCUT2D eigenvalue weighted by Gasteiger charge is 2.16. The summed E-state index contributed by atoms with van der Waals surface area (Å²) in [6, 6.07) is 3.51. The third-order valence-corrected chi connectivity index (χ3v) is 3.45. The molecule has 1 aliphatic rings. The Bertz CT molecular complexity index is 602. The SMILES string of the molecule is COC(=O)c1ccc(-n2ncc3c2CCCC3)nc1. The smallest absolute Gasteiger partial charge is 0.339 e. The van der Waals surface area contributed by atoms with E-state index in [4.69, 9.17) is 0 Å². The molecule has 0 fully saturated rings. The van der Waals surface area contributed by atoms with Crippen LogP contribution in [0.25, 0.3) is 5.82 Å². The van der Waals surface area contributed by atoms with E-state index < -0.39 is 0 Å². The van der Waals surface area contributed by atoms with E-state index in [1.807, 2.05) is 10.9 Å². The van der Waals surface area contributed by atoms with Crippen molar-refractivity contribution in [1.82, 2.24) is 14.8 Å². The zero-order valence-corrected chi connectivity index (χ0v) is 10.8. The maximum atomic E-state index is 11.4. The van der Waals surface area contributed by atoms with Crippen LogP contribution in [0, 0.1) is 0 Å². The van der Waals surface area contributed by atoms with E-state index in [9.17, 15) is 4.79 Å². The molecule has 1 aliphatic carbocycles. The lowest BCUT2D eigenvalue weighted by atomic mass is 9.98. The molecule has 0 aliphatic heterocycles. The summed E-state index contributed by atoms with van der Waals surface area (Å²) in [6.07, 6.45) is 8.00. The molecule has 0 radical (unpaired) electrons. The summed E-state index contributed by atoms with van der Waals surface area (Å²) in [5.74, 6) is 0.373. The average Bonchev–Trinajstić information content (AvgIpc) is 2.90. The summed E-state index contributed by atoms with van der Waals surface area (Å²) >= 11 is 0. The van der Waals surface area contributed by atoms with Crippen LogP contribution < -0.4 is 0 Å². The first-order chi connectivity index (χ1) is 9.29. The van der Waals surface area contributed by atoms with Crippen molar-refractivity contribution in [2.75, 3.05) is 7.11 Å². The summed E-state index contributed by atoms with van der Waals surface area (Å²) < 4.78 is 6.53. The number of carbonyl (C=O) groups excluding carboxylic acids is 1. The first-order valence-electron chi connectivity index (χ1n) is 6.40. The van der Waals surface area contributed by atoms with Crippen molar-refractivity contribution in [2.45, 2.75) is 25.7 Å². The predicted molar refractivity (Wildman–Crippen MR) is 69.3 cm³/mol. The molecule has 3 rings (SSSR count). The van der Waals surface area contributed by atoms with Crippen LogP contribution in [0.15, 0.2) is 24.5 Å². The first-order valence-corrected chi connectivity index (χ1v) is 6.40. The Morgan fingerprint density at radius 2 is 2.11 bits per heavy atom. The monoisotopic (exact) mass is 257 g/mol. The Labute approximate surface area is 111 Å². The Morgan fingerprint density at radius 1 is 1.26 bits per heavy atom. The van der Waals surface area contributed by atoms with Crippen LogP contribution in [0.2, 0.25) is 0 Å². The second-order valence-corrected chi connectivity index (χ2v) is 4.63. The van der Waals surface area contributed by atoms with Crippen LogP contribution in [0.5, 0.6) is 0 Å². The normalized spacial score (nSPS) is 13.9. The van der Waals surface area contributed by atoms with E-state index in [0.29, 0.717) is 5.56 Å². The van der Waals surface area contributed by atoms with E-state index in [1.54, 1.807) is 12.1 Å². The van der Waals surface area contributed by atoms with Crippen LogP contribution in [-0.4, -0.2) is 27.8 Å². The van der Waals surface area contributed by atoms with Crippen LogP contribution in [0.1, 0.15) is 34.5 Å². The molecule has 0 N–H and O–H groups in total. The zero-order chi connectivity index (χ0) is 13.2. The highest BCUT2D eigenvalue weighted by Crippen LogP contribution is 2.22. The number of esters is 1. The lowest BCUT2D eigenvalue weighted by Gasteiger charge is -2.13. The van der Waals surface area contributed by atoms with Crippen LogP contribution in [0.4, 0.5) is 0 Å². The molecule has 5 heteroatoms. The maximum absolute atomic E-state index is 11.4. The molecule has 98 valence electrons. The van der Waals surface area contributed by atoms with Crippen molar-refractivity contribution in [3.63, 3.8) is 0 Å². The largest absolute Gasteiger partial charge is 0.465 e. The Hall–Kier alpha value is -2.17. The van der Waals surface area contributed by atoms with Crippen molar-refractivity contribution in [1.29, 1.82) is 0 Å². The highest BCUT2D eigenvalue weighted by molar-refractivity contribution is 5.88. The van der Waals surface area contributed by atoms with Gasteiger partial charge in [0.05, 0.1) is 18.9 Å². The molecule has 0 saturated carbocycles. The fourth-order valence-electron chi connectivity index (χ4n) is 2.44. The second kappa shape index (κ2) is 4.84. The number of hydrogen-bond acceptors (Lipinski definition) is 4. The van der Waals surface area contributed by atoms with Gasteiger partial charge in [0.2, 0.25) is 0 Å². The molecule has 0 unspecified atom stereocenters. The van der Waals surface area contributed by atoms with Gasteiger partial charge in [-0.3, -0.25) is 0 Å². The van der Waals surface area contributed by atoms with Gasteiger partial charge in [-0.2, -0.15) is 5.10 Å². The Morgan fingerprint density at radius 3 is 2.84 bits per heavy atom. The quantitative estimate of drug-likeness (QED) is 0.771. The number of aromatic nitrogens is 3. The van der Waals surface area contributed by atoms with Gasteiger partial charge in [0.1, 0.15) is 0 Å². The molecule has 0 aromatic carbocycles. The van der Waals surface area contributed by atoms with Crippen LogP contribution in [-0.2, 0) is 17.6 Å². The molecule has 2 aromatic heterocycles. The van der Waals surface area contributed by atoms with Crippen LogP contribution in [0.3, 0.4) is 0 Å². The standard InChI is InChI=1S/C14H15N3O2/c1-19-14(18)11-6-7-13(15-8-11)17-12-5-3-2-4-10(12)9-16-17/h6-9H,2-5H2,1H3. The minimum absolute atomic E-state index is 0.374. The molecule has 0 spiro atoms. The summed E-state index contributed by atoms with van der Waals surface area (Å²) in [6.45, 7) is 0. The van der Waals surface area contributed by atoms with Gasteiger partial charge in [-0.25, -0.2) is 14.5 Å². The molecule has 19 heavy (non-hydrogen) atoms. The number of ether oxygens (including phenoxy) is 1. The number of carbonyl (C=O) groups is 1. The fourth-order valence-corrected chi connectivity index (χ4v) is 2.44. The summed E-state index contributed by atoms with van der Waals surface area (Å²) in [5.41, 5.74) is 3.00. The first kappa shape index (κ1) is 11.9. The fraction of sp³-hybridized carbons (Fsp3) is 0.357. The van der Waals surface area contributed by atoms with E-state index >= 15 is 0 Å². The average molecular weight is 257 g/mol. The number of nitrogens with zero attached hydrogens (tertiary/aromatic N) is 3. The van der Waals surface area contributed by atoms with Gasteiger partial charge in [0, 0.05) is 11.9 Å². The van der Waals surface area contributed by atoms with Gasteiger partial charge in [-0.15, -0.1) is 0 Å². The predicted octanol–water partition coefficient (Wildman–Crippen LogP) is 1.93. The van der Waals surface area contributed by atoms with Gasteiger partial charge < -0.3 is 4.74 Å². The molecular formula is C14H15N3O2. The lowest BCUT2D eigenvalue weighted by Crippen LogP contribution is -2.10. The van der Waals surface area contributed by atoms with Crippen molar-refractivity contribution >= 4 is 5.97 Å². The minimum atomic E-state index is -0.374. The van der Waals surface area contributed by atoms with Crippen LogP contribution >= 0.6 is 0 Å². The van der Waals surface area contributed by atoms with Crippen molar-refractivity contribution in [3.05, 3.63) is 41.3 Å². The summed E-state index contributed by atoms with van der Waals surface area (Å²) in [7, 11) is 1.36.